The van der Waals surface area contributed by atoms with Gasteiger partial charge in [-0.25, -0.2) is 4.98 Å². The molecule has 0 fully saturated rings. The quantitative estimate of drug-likeness (QED) is 0.545. The molecular formula is C22H20N4O3. The average molecular weight is 388 g/mol. The smallest absolute Gasteiger partial charge is 0.292 e. The van der Waals surface area contributed by atoms with Crippen molar-refractivity contribution in [3.05, 3.63) is 89.4 Å². The molecule has 0 unspecified atom stereocenters. The summed E-state index contributed by atoms with van der Waals surface area (Å²) in [6.07, 6.45) is 3.26. The number of nitrogens with one attached hydrogen (secondary N) is 2. The predicted molar refractivity (Wildman–Crippen MR) is 109 cm³/mol. The topological polar surface area (TPSA) is 88.6 Å². The van der Waals surface area contributed by atoms with Crippen molar-refractivity contribution in [2.24, 2.45) is 0 Å². The van der Waals surface area contributed by atoms with Crippen molar-refractivity contribution >= 4 is 23.0 Å². The number of fused-ring (bicyclic) bond motifs is 1. The molecule has 7 heteroatoms. The van der Waals surface area contributed by atoms with Crippen molar-refractivity contribution < 1.29 is 14.0 Å². The van der Waals surface area contributed by atoms with Crippen LogP contribution in [0.15, 0.2) is 65.4 Å². The molecule has 0 radical (unpaired) electrons. The number of imidazole rings is 1. The van der Waals surface area contributed by atoms with Gasteiger partial charge in [-0.05, 0) is 55.3 Å². The van der Waals surface area contributed by atoms with Crippen molar-refractivity contribution in [1.82, 2.24) is 14.7 Å². The van der Waals surface area contributed by atoms with Crippen molar-refractivity contribution in [2.45, 2.75) is 20.4 Å². The van der Waals surface area contributed by atoms with Crippen LogP contribution in [-0.4, -0.2) is 21.2 Å². The molecule has 7 nitrogen and oxygen atoms in total. The zero-order valence-corrected chi connectivity index (χ0v) is 16.1. The van der Waals surface area contributed by atoms with Gasteiger partial charge in [-0.1, -0.05) is 18.2 Å². The van der Waals surface area contributed by atoms with Gasteiger partial charge in [-0.2, -0.15) is 0 Å². The summed E-state index contributed by atoms with van der Waals surface area (Å²) in [6.45, 7) is 4.12. The number of amides is 2. The lowest BCUT2D eigenvalue weighted by Crippen LogP contribution is -2.23. The molecule has 0 saturated carbocycles. The molecule has 0 aliphatic heterocycles. The Morgan fingerprint density at radius 1 is 1.07 bits per heavy atom. The van der Waals surface area contributed by atoms with Crippen LogP contribution >= 0.6 is 0 Å². The predicted octanol–water partition coefficient (Wildman–Crippen LogP) is 3.73. The molecule has 4 rings (SSSR count). The maximum atomic E-state index is 12.9. The van der Waals surface area contributed by atoms with Gasteiger partial charge in [0.1, 0.15) is 5.76 Å². The van der Waals surface area contributed by atoms with E-state index in [-0.39, 0.29) is 29.9 Å². The first kappa shape index (κ1) is 18.5. The molecule has 0 saturated heterocycles. The number of aryl methyl sites for hydroxylation is 2. The fraction of sp³-hybridized carbons (Fsp3) is 0.136. The Kier molecular flexibility index (Phi) is 4.87. The average Bonchev–Trinajstić information content (AvgIpc) is 3.37. The highest BCUT2D eigenvalue weighted by atomic mass is 16.3. The first-order valence-electron chi connectivity index (χ1n) is 9.19. The van der Waals surface area contributed by atoms with Crippen molar-refractivity contribution in [1.29, 1.82) is 0 Å². The van der Waals surface area contributed by atoms with Crippen LogP contribution in [0.1, 0.15) is 38.0 Å². The number of furan rings is 1. The Hall–Kier alpha value is -3.87. The van der Waals surface area contributed by atoms with E-state index in [9.17, 15) is 9.59 Å². The van der Waals surface area contributed by atoms with Crippen LogP contribution < -0.4 is 10.6 Å². The molecule has 3 heterocycles. The zero-order chi connectivity index (χ0) is 20.4. The van der Waals surface area contributed by atoms with Gasteiger partial charge in [0.05, 0.1) is 18.3 Å². The number of hydrogen-bond donors (Lipinski definition) is 2. The van der Waals surface area contributed by atoms with Gasteiger partial charge in [0, 0.05) is 11.9 Å². The van der Waals surface area contributed by atoms with Gasteiger partial charge in [-0.3, -0.25) is 14.0 Å². The standard InChI is InChI=1S/C22H20N4O3/c1-14-8-9-15(2)17(12-14)24-22(28)20-25-19(18-7-3-4-10-26(18)20)21(27)23-13-16-6-5-11-29-16/h3-12H,13H2,1-2H3,(H,23,27)(H,24,28). The third-order valence-corrected chi connectivity index (χ3v) is 4.61. The number of anilines is 1. The second-order valence-electron chi connectivity index (χ2n) is 6.77. The highest BCUT2D eigenvalue weighted by molar-refractivity contribution is 6.06. The number of nitrogens with zero attached hydrogens (tertiary/aromatic N) is 2. The van der Waals surface area contributed by atoms with Crippen LogP contribution in [0.25, 0.3) is 5.52 Å². The van der Waals surface area contributed by atoms with Gasteiger partial charge < -0.3 is 15.1 Å². The SMILES string of the molecule is Cc1ccc(C)c(NC(=O)c2nc(C(=O)NCc3ccco3)c3ccccn23)c1. The van der Waals surface area contributed by atoms with Crippen LogP contribution in [0.5, 0.6) is 0 Å². The van der Waals surface area contributed by atoms with Crippen molar-refractivity contribution in [3.63, 3.8) is 0 Å². The first-order valence-corrected chi connectivity index (χ1v) is 9.19. The lowest BCUT2D eigenvalue weighted by molar-refractivity contribution is 0.0945. The first-order chi connectivity index (χ1) is 14.0. The number of rotatable bonds is 5. The molecule has 1 aromatic carbocycles. The van der Waals surface area contributed by atoms with E-state index in [1.807, 2.05) is 32.0 Å². The minimum absolute atomic E-state index is 0.143. The van der Waals surface area contributed by atoms with Crippen LogP contribution in [0.3, 0.4) is 0 Å². The number of pyridine rings is 1. The summed E-state index contributed by atoms with van der Waals surface area (Å²) >= 11 is 0. The summed E-state index contributed by atoms with van der Waals surface area (Å²) in [5.41, 5.74) is 3.43. The highest BCUT2D eigenvalue weighted by Gasteiger charge is 2.22. The Bertz CT molecular complexity index is 1190. The normalized spacial score (nSPS) is 10.8. The van der Waals surface area contributed by atoms with Gasteiger partial charge in [0.25, 0.3) is 11.8 Å². The molecule has 2 amide bonds. The monoisotopic (exact) mass is 388 g/mol. The van der Waals surface area contributed by atoms with E-state index in [0.29, 0.717) is 17.0 Å². The van der Waals surface area contributed by atoms with Gasteiger partial charge in [-0.15, -0.1) is 0 Å². The van der Waals surface area contributed by atoms with E-state index in [1.165, 1.54) is 0 Å². The molecule has 3 aromatic heterocycles. The van der Waals surface area contributed by atoms with Crippen molar-refractivity contribution in [2.75, 3.05) is 5.32 Å². The lowest BCUT2D eigenvalue weighted by Gasteiger charge is -2.08. The van der Waals surface area contributed by atoms with Crippen molar-refractivity contribution in [3.8, 4) is 0 Å². The highest BCUT2D eigenvalue weighted by Crippen LogP contribution is 2.19. The molecule has 0 aliphatic rings. The van der Waals surface area contributed by atoms with Crippen LogP contribution in [0.2, 0.25) is 0 Å². The summed E-state index contributed by atoms with van der Waals surface area (Å²) < 4.78 is 6.85. The number of carbonyl (C=O) groups is 2. The Morgan fingerprint density at radius 3 is 2.72 bits per heavy atom. The summed E-state index contributed by atoms with van der Waals surface area (Å²) in [6, 6.07) is 14.7. The van der Waals surface area contributed by atoms with E-state index < -0.39 is 0 Å². The second kappa shape index (κ2) is 7.63. The van der Waals surface area contributed by atoms with E-state index >= 15 is 0 Å². The number of hydrogen-bond acceptors (Lipinski definition) is 4. The maximum absolute atomic E-state index is 12.9. The summed E-state index contributed by atoms with van der Waals surface area (Å²) in [4.78, 5) is 30.0. The van der Waals surface area contributed by atoms with E-state index in [0.717, 1.165) is 11.1 Å². The largest absolute Gasteiger partial charge is 0.467 e. The van der Waals surface area contributed by atoms with E-state index in [4.69, 9.17) is 4.42 Å². The van der Waals surface area contributed by atoms with Crippen LogP contribution in [-0.2, 0) is 6.54 Å². The molecule has 0 bridgehead atoms. The van der Waals surface area contributed by atoms with E-state index in [1.54, 1.807) is 47.2 Å². The Morgan fingerprint density at radius 2 is 1.93 bits per heavy atom. The summed E-state index contributed by atoms with van der Waals surface area (Å²) in [5, 5.41) is 5.67. The second-order valence-corrected chi connectivity index (χ2v) is 6.77. The van der Waals surface area contributed by atoms with E-state index in [2.05, 4.69) is 15.6 Å². The minimum Gasteiger partial charge on any atom is -0.467 e. The maximum Gasteiger partial charge on any atom is 0.292 e. The third-order valence-electron chi connectivity index (χ3n) is 4.61. The molecular weight excluding hydrogens is 368 g/mol. The minimum atomic E-state index is -0.384. The van der Waals surface area contributed by atoms with Gasteiger partial charge in [0.2, 0.25) is 5.82 Å². The number of benzene rings is 1. The fourth-order valence-electron chi connectivity index (χ4n) is 3.08. The molecule has 4 aromatic rings. The lowest BCUT2D eigenvalue weighted by atomic mass is 10.1. The Balaban J connectivity index is 1.64. The summed E-state index contributed by atoms with van der Waals surface area (Å²) in [5.74, 6) is 0.0141. The molecule has 0 aliphatic carbocycles. The summed E-state index contributed by atoms with van der Waals surface area (Å²) in [7, 11) is 0. The molecule has 2 N–H and O–H groups in total. The third kappa shape index (κ3) is 3.75. The van der Waals surface area contributed by atoms with Crippen LogP contribution in [0.4, 0.5) is 5.69 Å². The Labute approximate surface area is 167 Å². The van der Waals surface area contributed by atoms with Crippen LogP contribution in [0, 0.1) is 13.8 Å². The zero-order valence-electron chi connectivity index (χ0n) is 16.1. The molecule has 29 heavy (non-hydrogen) atoms. The number of carbonyl (C=O) groups excluding carboxylic acids is 2. The van der Waals surface area contributed by atoms with Gasteiger partial charge >= 0.3 is 0 Å². The van der Waals surface area contributed by atoms with Gasteiger partial charge in [0.15, 0.2) is 5.69 Å². The fourth-order valence-corrected chi connectivity index (χ4v) is 3.08. The molecule has 0 spiro atoms. The molecule has 0 atom stereocenters. The molecule has 146 valence electrons. The number of aromatic nitrogens is 2.